The van der Waals surface area contributed by atoms with Crippen molar-refractivity contribution in [3.05, 3.63) is 0 Å². The summed E-state index contributed by atoms with van der Waals surface area (Å²) in [6, 6.07) is 0. The van der Waals surface area contributed by atoms with E-state index in [1.54, 1.807) is 0 Å². The number of aliphatic hydroxyl groups excluding tert-OH is 1. The van der Waals surface area contributed by atoms with Crippen molar-refractivity contribution in [1.29, 1.82) is 0 Å². The summed E-state index contributed by atoms with van der Waals surface area (Å²) in [5.74, 6) is -1.07. The van der Waals surface area contributed by atoms with Gasteiger partial charge in [-0.25, -0.2) is 4.79 Å². The zero-order valence-electron chi connectivity index (χ0n) is 6.71. The molecule has 0 spiro atoms. The Morgan fingerprint density at radius 1 is 1.64 bits per heavy atom. The molecule has 0 aromatic carbocycles. The van der Waals surface area contributed by atoms with Crippen molar-refractivity contribution in [2.45, 2.75) is 38.7 Å². The van der Waals surface area contributed by atoms with Gasteiger partial charge in [0.2, 0.25) is 0 Å². The third-order valence-electron chi connectivity index (χ3n) is 2.45. The highest BCUT2D eigenvalue weighted by Gasteiger charge is 2.50. The molecule has 3 heteroatoms. The van der Waals surface area contributed by atoms with Crippen LogP contribution in [0.2, 0.25) is 0 Å². The van der Waals surface area contributed by atoms with Crippen LogP contribution in [0.15, 0.2) is 0 Å². The van der Waals surface area contributed by atoms with E-state index in [1.165, 1.54) is 0 Å². The molecule has 1 aliphatic rings. The van der Waals surface area contributed by atoms with Crippen LogP contribution in [0.3, 0.4) is 0 Å². The number of hydrogen-bond acceptors (Lipinski definition) is 2. The van der Waals surface area contributed by atoms with E-state index in [-0.39, 0.29) is 5.41 Å². The van der Waals surface area contributed by atoms with Gasteiger partial charge < -0.3 is 10.2 Å². The minimum absolute atomic E-state index is 0.263. The summed E-state index contributed by atoms with van der Waals surface area (Å²) in [4.78, 5) is 10.4. The van der Waals surface area contributed by atoms with Crippen LogP contribution in [0.4, 0.5) is 0 Å². The Hall–Kier alpha value is -0.570. The molecule has 2 N–H and O–H groups in total. The molecule has 1 unspecified atom stereocenters. The Morgan fingerprint density at radius 2 is 2.18 bits per heavy atom. The lowest BCUT2D eigenvalue weighted by molar-refractivity contribution is -0.150. The van der Waals surface area contributed by atoms with Gasteiger partial charge >= 0.3 is 5.97 Å². The first-order valence-corrected chi connectivity index (χ1v) is 4.03. The average Bonchev–Trinajstić information content (AvgIpc) is 2.69. The first kappa shape index (κ1) is 8.53. The van der Waals surface area contributed by atoms with Gasteiger partial charge in [-0.1, -0.05) is 13.3 Å². The number of carboxylic acids is 1. The predicted molar refractivity (Wildman–Crippen MR) is 40.2 cm³/mol. The average molecular weight is 158 g/mol. The lowest BCUT2D eigenvalue weighted by Gasteiger charge is -2.16. The fourth-order valence-corrected chi connectivity index (χ4v) is 1.58. The van der Waals surface area contributed by atoms with Crippen molar-refractivity contribution in [3.8, 4) is 0 Å². The van der Waals surface area contributed by atoms with E-state index in [4.69, 9.17) is 5.11 Å². The lowest BCUT2D eigenvalue weighted by Crippen LogP contribution is -2.30. The largest absolute Gasteiger partial charge is 0.479 e. The van der Waals surface area contributed by atoms with Crippen LogP contribution in [0.1, 0.15) is 32.6 Å². The zero-order chi connectivity index (χ0) is 8.48. The fraction of sp³-hybridized carbons (Fsp3) is 0.875. The minimum atomic E-state index is -1.14. The summed E-state index contributed by atoms with van der Waals surface area (Å²) in [5.41, 5.74) is -0.263. The van der Waals surface area contributed by atoms with Gasteiger partial charge in [0, 0.05) is 5.41 Å². The van der Waals surface area contributed by atoms with E-state index in [0.29, 0.717) is 0 Å². The Kier molecular flexibility index (Phi) is 2.18. The van der Waals surface area contributed by atoms with Crippen molar-refractivity contribution in [1.82, 2.24) is 0 Å². The van der Waals surface area contributed by atoms with Gasteiger partial charge in [-0.05, 0) is 19.3 Å². The van der Waals surface area contributed by atoms with E-state index in [2.05, 4.69) is 0 Å². The Bertz CT molecular complexity index is 161. The van der Waals surface area contributed by atoms with Gasteiger partial charge in [0.05, 0.1) is 0 Å². The highest BCUT2D eigenvalue weighted by molar-refractivity contribution is 5.73. The van der Waals surface area contributed by atoms with Crippen LogP contribution >= 0.6 is 0 Å². The van der Waals surface area contributed by atoms with Gasteiger partial charge in [-0.15, -0.1) is 0 Å². The second-order valence-corrected chi connectivity index (χ2v) is 3.35. The number of aliphatic carboxylic acids is 1. The quantitative estimate of drug-likeness (QED) is 0.642. The number of rotatable bonds is 4. The summed E-state index contributed by atoms with van der Waals surface area (Å²) in [5, 5.41) is 17.8. The lowest BCUT2D eigenvalue weighted by atomic mass is 9.94. The van der Waals surface area contributed by atoms with Gasteiger partial charge in [0.25, 0.3) is 0 Å². The highest BCUT2D eigenvalue weighted by Crippen LogP contribution is 2.52. The van der Waals surface area contributed by atoms with Crippen LogP contribution in [0.5, 0.6) is 0 Å². The van der Waals surface area contributed by atoms with E-state index in [1.807, 2.05) is 6.92 Å². The number of carbonyl (C=O) groups is 1. The first-order valence-electron chi connectivity index (χ1n) is 4.03. The monoisotopic (exact) mass is 158 g/mol. The van der Waals surface area contributed by atoms with Crippen LogP contribution < -0.4 is 0 Å². The molecule has 11 heavy (non-hydrogen) atoms. The maximum atomic E-state index is 10.4. The van der Waals surface area contributed by atoms with E-state index in [9.17, 15) is 9.90 Å². The molecule has 1 rings (SSSR count). The molecular weight excluding hydrogens is 144 g/mol. The molecule has 0 amide bonds. The summed E-state index contributed by atoms with van der Waals surface area (Å²) in [6.45, 7) is 2.01. The second kappa shape index (κ2) is 2.81. The third-order valence-corrected chi connectivity index (χ3v) is 2.45. The molecule has 3 nitrogen and oxygen atoms in total. The Labute approximate surface area is 66.0 Å². The maximum Gasteiger partial charge on any atom is 0.333 e. The van der Waals surface area contributed by atoms with Crippen molar-refractivity contribution in [3.63, 3.8) is 0 Å². The summed E-state index contributed by atoms with van der Waals surface area (Å²) in [6.07, 6.45) is 2.38. The smallest absolute Gasteiger partial charge is 0.333 e. The van der Waals surface area contributed by atoms with Gasteiger partial charge in [0.15, 0.2) is 6.10 Å². The molecule has 0 heterocycles. The molecule has 0 bridgehead atoms. The molecule has 0 radical (unpaired) electrons. The molecule has 0 saturated heterocycles. The SMILES string of the molecule is CCCC1(C(O)C(=O)O)CC1. The zero-order valence-corrected chi connectivity index (χ0v) is 6.71. The molecule has 1 atom stereocenters. The van der Waals surface area contributed by atoms with E-state index in [0.717, 1.165) is 25.7 Å². The summed E-state index contributed by atoms with van der Waals surface area (Å²) >= 11 is 0. The van der Waals surface area contributed by atoms with Crippen LogP contribution in [-0.4, -0.2) is 22.3 Å². The number of hydrogen-bond donors (Lipinski definition) is 2. The minimum Gasteiger partial charge on any atom is -0.479 e. The Balaban J connectivity index is 2.50. The van der Waals surface area contributed by atoms with Gasteiger partial charge in [-0.3, -0.25) is 0 Å². The van der Waals surface area contributed by atoms with Gasteiger partial charge in [-0.2, -0.15) is 0 Å². The molecule has 0 aliphatic heterocycles. The maximum absolute atomic E-state index is 10.4. The van der Waals surface area contributed by atoms with Crippen molar-refractivity contribution < 1.29 is 15.0 Å². The first-order chi connectivity index (χ1) is 5.12. The second-order valence-electron chi connectivity index (χ2n) is 3.35. The van der Waals surface area contributed by atoms with Crippen molar-refractivity contribution >= 4 is 5.97 Å². The topological polar surface area (TPSA) is 57.5 Å². The number of aliphatic hydroxyl groups is 1. The third kappa shape index (κ3) is 1.53. The van der Waals surface area contributed by atoms with Gasteiger partial charge in [0.1, 0.15) is 0 Å². The molecule has 0 aromatic heterocycles. The summed E-state index contributed by atoms with van der Waals surface area (Å²) < 4.78 is 0. The Morgan fingerprint density at radius 3 is 2.45 bits per heavy atom. The van der Waals surface area contributed by atoms with Crippen molar-refractivity contribution in [2.24, 2.45) is 5.41 Å². The van der Waals surface area contributed by atoms with Crippen LogP contribution in [-0.2, 0) is 4.79 Å². The highest BCUT2D eigenvalue weighted by atomic mass is 16.4. The van der Waals surface area contributed by atoms with Crippen LogP contribution in [0.25, 0.3) is 0 Å². The number of carboxylic acid groups (broad SMARTS) is 1. The summed E-state index contributed by atoms with van der Waals surface area (Å²) in [7, 11) is 0. The molecular formula is C8H14O3. The van der Waals surface area contributed by atoms with E-state index < -0.39 is 12.1 Å². The molecule has 1 fully saturated rings. The molecule has 0 aromatic rings. The standard InChI is InChI=1S/C8H14O3/c1-2-3-8(4-5-8)6(9)7(10)11/h6,9H,2-5H2,1H3,(H,10,11). The fourth-order valence-electron chi connectivity index (χ4n) is 1.58. The molecule has 1 aliphatic carbocycles. The van der Waals surface area contributed by atoms with Crippen molar-refractivity contribution in [2.75, 3.05) is 0 Å². The van der Waals surface area contributed by atoms with E-state index >= 15 is 0 Å². The normalized spacial score (nSPS) is 22.7. The van der Waals surface area contributed by atoms with Crippen LogP contribution in [0, 0.1) is 5.41 Å². The predicted octanol–water partition coefficient (Wildman–Crippen LogP) is 1.01. The molecule has 64 valence electrons. The molecule has 1 saturated carbocycles.